The van der Waals surface area contributed by atoms with Crippen LogP contribution in [0.5, 0.6) is 0 Å². The summed E-state index contributed by atoms with van der Waals surface area (Å²) in [6.07, 6.45) is 2.13. The molecule has 0 amide bonds. The van der Waals surface area contributed by atoms with Gasteiger partial charge in [-0.05, 0) is 39.2 Å². The molecule has 7 heteroatoms. The maximum Gasteiger partial charge on any atom is 0.321 e. The molecule has 1 atom stereocenters. The van der Waals surface area contributed by atoms with Gasteiger partial charge in [-0.15, -0.1) is 0 Å². The Bertz CT molecular complexity index is 332. The number of nitrogens with one attached hydrogen (secondary N) is 1. The SMILES string of the molecule is CSCCC(NS(=O)(=O)C(C)(C)C)C(=O)O. The van der Waals surface area contributed by atoms with Gasteiger partial charge >= 0.3 is 5.97 Å². The fourth-order valence-corrected chi connectivity index (χ4v) is 2.25. The molecule has 0 aromatic rings. The third-order valence-corrected chi connectivity index (χ3v) is 4.86. The van der Waals surface area contributed by atoms with Crippen molar-refractivity contribution in [3.63, 3.8) is 0 Å². The molecule has 0 aromatic heterocycles. The number of hydrogen-bond acceptors (Lipinski definition) is 4. The van der Waals surface area contributed by atoms with Crippen LogP contribution in [-0.4, -0.2) is 42.3 Å². The van der Waals surface area contributed by atoms with Gasteiger partial charge in [-0.2, -0.15) is 11.8 Å². The highest BCUT2D eigenvalue weighted by atomic mass is 32.2. The van der Waals surface area contributed by atoms with Crippen molar-refractivity contribution in [3.8, 4) is 0 Å². The summed E-state index contributed by atoms with van der Waals surface area (Å²) in [6.45, 7) is 4.59. The molecule has 0 heterocycles. The van der Waals surface area contributed by atoms with E-state index in [0.717, 1.165) is 0 Å². The molecule has 0 fully saturated rings. The van der Waals surface area contributed by atoms with Crippen molar-refractivity contribution in [3.05, 3.63) is 0 Å². The number of carbonyl (C=O) groups is 1. The van der Waals surface area contributed by atoms with E-state index in [2.05, 4.69) is 4.72 Å². The first-order valence-electron chi connectivity index (χ1n) is 4.85. The summed E-state index contributed by atoms with van der Waals surface area (Å²) < 4.78 is 24.7. The quantitative estimate of drug-likeness (QED) is 0.749. The van der Waals surface area contributed by atoms with Crippen LogP contribution >= 0.6 is 11.8 Å². The lowest BCUT2D eigenvalue weighted by Gasteiger charge is -2.23. The van der Waals surface area contributed by atoms with Crippen molar-refractivity contribution in [1.29, 1.82) is 0 Å². The van der Waals surface area contributed by atoms with E-state index in [0.29, 0.717) is 5.75 Å². The maximum absolute atomic E-state index is 11.7. The molecule has 0 radical (unpaired) electrons. The van der Waals surface area contributed by atoms with E-state index in [1.54, 1.807) is 0 Å². The van der Waals surface area contributed by atoms with E-state index in [4.69, 9.17) is 5.11 Å². The van der Waals surface area contributed by atoms with E-state index in [9.17, 15) is 13.2 Å². The zero-order valence-corrected chi connectivity index (χ0v) is 11.6. The second-order valence-corrected chi connectivity index (χ2v) is 7.86. The number of carboxylic acids is 1. The molecule has 0 spiro atoms. The van der Waals surface area contributed by atoms with Gasteiger partial charge in [0.15, 0.2) is 0 Å². The van der Waals surface area contributed by atoms with E-state index >= 15 is 0 Å². The molecule has 5 nitrogen and oxygen atoms in total. The van der Waals surface area contributed by atoms with Gasteiger partial charge in [0.05, 0.1) is 4.75 Å². The Kier molecular flexibility index (Phi) is 5.78. The third-order valence-electron chi connectivity index (χ3n) is 2.01. The number of sulfonamides is 1. The molecule has 16 heavy (non-hydrogen) atoms. The predicted molar refractivity (Wildman–Crippen MR) is 66.2 cm³/mol. The van der Waals surface area contributed by atoms with Gasteiger partial charge < -0.3 is 5.11 Å². The molecular formula is C9H19NO4S2. The van der Waals surface area contributed by atoms with Crippen LogP contribution < -0.4 is 4.72 Å². The zero-order chi connectivity index (χ0) is 13.0. The molecule has 2 N–H and O–H groups in total. The summed E-state index contributed by atoms with van der Waals surface area (Å²) >= 11 is 1.48. The highest BCUT2D eigenvalue weighted by Crippen LogP contribution is 2.15. The van der Waals surface area contributed by atoms with Crippen molar-refractivity contribution in [2.45, 2.75) is 38.0 Å². The minimum atomic E-state index is -3.61. The minimum Gasteiger partial charge on any atom is -0.480 e. The van der Waals surface area contributed by atoms with Crippen LogP contribution in [0, 0.1) is 0 Å². The van der Waals surface area contributed by atoms with Crippen molar-refractivity contribution >= 4 is 27.8 Å². The second-order valence-electron chi connectivity index (χ2n) is 4.41. The minimum absolute atomic E-state index is 0.284. The Morgan fingerprint density at radius 1 is 1.44 bits per heavy atom. The van der Waals surface area contributed by atoms with Gasteiger partial charge in [0.25, 0.3) is 0 Å². The van der Waals surface area contributed by atoms with Crippen LogP contribution in [-0.2, 0) is 14.8 Å². The van der Waals surface area contributed by atoms with Crippen molar-refractivity contribution in [2.24, 2.45) is 0 Å². The summed E-state index contributed by atoms with van der Waals surface area (Å²) in [4.78, 5) is 10.9. The first-order chi connectivity index (χ1) is 7.12. The van der Waals surface area contributed by atoms with Crippen molar-refractivity contribution < 1.29 is 18.3 Å². The Morgan fingerprint density at radius 3 is 2.25 bits per heavy atom. The highest BCUT2D eigenvalue weighted by molar-refractivity contribution is 7.98. The molecule has 0 rings (SSSR count). The lowest BCUT2D eigenvalue weighted by Crippen LogP contribution is -2.48. The molecule has 0 bridgehead atoms. The summed E-state index contributed by atoms with van der Waals surface area (Å²) in [5, 5.41) is 8.89. The number of rotatable bonds is 6. The van der Waals surface area contributed by atoms with E-state index in [1.165, 1.54) is 32.5 Å². The van der Waals surface area contributed by atoms with Gasteiger partial charge in [0.2, 0.25) is 10.0 Å². The largest absolute Gasteiger partial charge is 0.480 e. The Hall–Kier alpha value is -0.270. The lowest BCUT2D eigenvalue weighted by atomic mass is 10.2. The summed E-state index contributed by atoms with van der Waals surface area (Å²) in [7, 11) is -3.61. The van der Waals surface area contributed by atoms with Gasteiger partial charge in [-0.3, -0.25) is 4.79 Å². The molecule has 0 aromatic carbocycles. The molecular weight excluding hydrogens is 250 g/mol. The van der Waals surface area contributed by atoms with Crippen molar-refractivity contribution in [1.82, 2.24) is 4.72 Å². The lowest BCUT2D eigenvalue weighted by molar-refractivity contribution is -0.139. The standard InChI is InChI=1S/C9H19NO4S2/c1-9(2,3)16(13,14)10-7(8(11)12)5-6-15-4/h7,10H,5-6H2,1-4H3,(H,11,12). The number of hydrogen-bond donors (Lipinski definition) is 2. The molecule has 96 valence electrons. The number of carboxylic acid groups (broad SMARTS) is 1. The zero-order valence-electron chi connectivity index (χ0n) is 9.98. The third kappa shape index (κ3) is 4.71. The fraction of sp³-hybridized carbons (Fsp3) is 0.889. The average molecular weight is 269 g/mol. The van der Waals surface area contributed by atoms with Gasteiger partial charge in [0.1, 0.15) is 6.04 Å². The molecule has 0 aliphatic carbocycles. The van der Waals surface area contributed by atoms with Crippen LogP contribution in [0.25, 0.3) is 0 Å². The normalized spacial score (nSPS) is 14.8. The summed E-state index contributed by atoms with van der Waals surface area (Å²) in [5.41, 5.74) is 0. The highest BCUT2D eigenvalue weighted by Gasteiger charge is 2.33. The van der Waals surface area contributed by atoms with E-state index < -0.39 is 26.8 Å². The number of thioether (sulfide) groups is 1. The Morgan fingerprint density at radius 2 is 1.94 bits per heavy atom. The Balaban J connectivity index is 4.71. The van der Waals surface area contributed by atoms with Crippen LogP contribution in [0.1, 0.15) is 27.2 Å². The number of aliphatic carboxylic acids is 1. The first kappa shape index (κ1) is 15.7. The monoisotopic (exact) mass is 269 g/mol. The Labute approximate surface area is 101 Å². The van der Waals surface area contributed by atoms with Crippen LogP contribution in [0.4, 0.5) is 0 Å². The fourth-order valence-electron chi connectivity index (χ4n) is 0.833. The summed E-state index contributed by atoms with van der Waals surface area (Å²) in [6, 6.07) is -1.04. The van der Waals surface area contributed by atoms with Crippen LogP contribution in [0.2, 0.25) is 0 Å². The van der Waals surface area contributed by atoms with E-state index in [-0.39, 0.29) is 6.42 Å². The van der Waals surface area contributed by atoms with Crippen LogP contribution in [0.15, 0.2) is 0 Å². The predicted octanol–water partition coefficient (Wildman–Crippen LogP) is 0.911. The first-order valence-corrected chi connectivity index (χ1v) is 7.73. The van der Waals surface area contributed by atoms with Gasteiger partial charge in [-0.1, -0.05) is 0 Å². The molecule has 0 aliphatic heterocycles. The average Bonchev–Trinajstić information content (AvgIpc) is 2.09. The topological polar surface area (TPSA) is 83.5 Å². The summed E-state index contributed by atoms with van der Waals surface area (Å²) in [5.74, 6) is -0.536. The van der Waals surface area contributed by atoms with E-state index in [1.807, 2.05) is 6.26 Å². The maximum atomic E-state index is 11.7. The van der Waals surface area contributed by atoms with Gasteiger partial charge in [0, 0.05) is 0 Å². The molecule has 0 saturated carbocycles. The second kappa shape index (κ2) is 5.88. The molecule has 0 saturated heterocycles. The molecule has 0 aliphatic rings. The van der Waals surface area contributed by atoms with Crippen molar-refractivity contribution in [2.75, 3.05) is 12.0 Å². The smallest absolute Gasteiger partial charge is 0.321 e. The van der Waals surface area contributed by atoms with Gasteiger partial charge in [-0.25, -0.2) is 13.1 Å². The molecule has 1 unspecified atom stereocenters. The van der Waals surface area contributed by atoms with Crippen LogP contribution in [0.3, 0.4) is 0 Å².